The second-order valence-electron chi connectivity index (χ2n) is 5.37. The van der Waals surface area contributed by atoms with Gasteiger partial charge < -0.3 is 4.90 Å². The van der Waals surface area contributed by atoms with Crippen LogP contribution in [0.4, 0.5) is 0 Å². The molecule has 0 unspecified atom stereocenters. The van der Waals surface area contributed by atoms with E-state index in [4.69, 9.17) is 5.26 Å². The molecule has 1 aliphatic carbocycles. The third-order valence-corrected chi connectivity index (χ3v) is 3.02. The van der Waals surface area contributed by atoms with Crippen LogP contribution in [0.15, 0.2) is 0 Å². The predicted octanol–water partition coefficient (Wildman–Crippen LogP) is 1.69. The summed E-state index contributed by atoms with van der Waals surface area (Å²) < 4.78 is 0. The summed E-state index contributed by atoms with van der Waals surface area (Å²) in [5.41, 5.74) is 0. The summed E-state index contributed by atoms with van der Waals surface area (Å²) in [7, 11) is 0. The molecule has 102 valence electrons. The van der Waals surface area contributed by atoms with Crippen molar-refractivity contribution in [3.8, 4) is 6.07 Å². The van der Waals surface area contributed by atoms with Gasteiger partial charge in [0.15, 0.2) is 0 Å². The molecule has 0 atom stereocenters. The van der Waals surface area contributed by atoms with Crippen molar-refractivity contribution in [3.63, 3.8) is 0 Å². The average molecular weight is 261 g/mol. The Balaban J connectivity index is 2.05. The number of hydrogen-bond acceptors (Lipinski definition) is 4. The maximum Gasteiger partial charge on any atom is 0.293 e. The molecule has 1 aromatic heterocycles. The van der Waals surface area contributed by atoms with E-state index >= 15 is 0 Å². The minimum Gasteiger partial charge on any atom is -0.335 e. The Morgan fingerprint density at radius 2 is 2.32 bits per heavy atom. The summed E-state index contributed by atoms with van der Waals surface area (Å²) >= 11 is 0. The van der Waals surface area contributed by atoms with Crippen LogP contribution in [-0.4, -0.2) is 39.1 Å². The summed E-state index contributed by atoms with van der Waals surface area (Å²) in [5.74, 6) is 1.65. The van der Waals surface area contributed by atoms with Crippen LogP contribution in [0, 0.1) is 17.2 Å². The van der Waals surface area contributed by atoms with Gasteiger partial charge in [0.1, 0.15) is 5.82 Å². The highest BCUT2D eigenvalue weighted by Crippen LogP contribution is 2.37. The first-order chi connectivity index (χ1) is 9.11. The highest BCUT2D eigenvalue weighted by molar-refractivity contribution is 5.90. The maximum absolute atomic E-state index is 12.3. The summed E-state index contributed by atoms with van der Waals surface area (Å²) in [6.07, 6.45) is 2.57. The van der Waals surface area contributed by atoms with E-state index in [1.165, 1.54) is 0 Å². The summed E-state index contributed by atoms with van der Waals surface area (Å²) in [6, 6.07) is 2.07. The number of carbonyl (C=O) groups excluding carboxylic acids is 1. The van der Waals surface area contributed by atoms with Crippen molar-refractivity contribution >= 4 is 5.91 Å². The lowest BCUT2D eigenvalue weighted by molar-refractivity contribution is 0.0728. The molecule has 0 saturated heterocycles. The van der Waals surface area contributed by atoms with Crippen molar-refractivity contribution in [2.75, 3.05) is 13.1 Å². The number of carbonyl (C=O) groups is 1. The fourth-order valence-electron chi connectivity index (χ4n) is 1.95. The van der Waals surface area contributed by atoms with E-state index in [0.29, 0.717) is 31.3 Å². The van der Waals surface area contributed by atoms with E-state index in [1.807, 2.05) is 13.8 Å². The van der Waals surface area contributed by atoms with Gasteiger partial charge in [0.05, 0.1) is 12.5 Å². The Labute approximate surface area is 112 Å². The van der Waals surface area contributed by atoms with Gasteiger partial charge in [-0.1, -0.05) is 13.8 Å². The topological polar surface area (TPSA) is 85.7 Å². The van der Waals surface area contributed by atoms with E-state index in [2.05, 4.69) is 21.3 Å². The molecule has 1 aromatic rings. The minimum absolute atomic E-state index is 0.188. The molecule has 19 heavy (non-hydrogen) atoms. The quantitative estimate of drug-likeness (QED) is 0.844. The average Bonchev–Trinajstić information content (AvgIpc) is 3.11. The third-order valence-electron chi connectivity index (χ3n) is 3.02. The van der Waals surface area contributed by atoms with Crippen LogP contribution in [0.3, 0.4) is 0 Å². The second kappa shape index (κ2) is 5.83. The van der Waals surface area contributed by atoms with Crippen LogP contribution in [0.2, 0.25) is 0 Å². The normalized spacial score (nSPS) is 14.4. The highest BCUT2D eigenvalue weighted by atomic mass is 16.2. The van der Waals surface area contributed by atoms with E-state index in [0.717, 1.165) is 18.7 Å². The Hall–Kier alpha value is -1.90. The Morgan fingerprint density at radius 1 is 1.58 bits per heavy atom. The van der Waals surface area contributed by atoms with E-state index < -0.39 is 0 Å². The first-order valence-corrected chi connectivity index (χ1v) is 6.70. The number of amides is 1. The fourth-order valence-corrected chi connectivity index (χ4v) is 1.95. The zero-order valence-corrected chi connectivity index (χ0v) is 11.4. The Kier molecular flexibility index (Phi) is 4.15. The zero-order chi connectivity index (χ0) is 13.8. The molecular formula is C13H19N5O. The van der Waals surface area contributed by atoms with Gasteiger partial charge in [0.25, 0.3) is 5.91 Å². The minimum atomic E-state index is -0.188. The maximum atomic E-state index is 12.3. The van der Waals surface area contributed by atoms with Gasteiger partial charge in [-0.2, -0.15) is 5.26 Å². The van der Waals surface area contributed by atoms with Crippen molar-refractivity contribution < 1.29 is 4.79 Å². The van der Waals surface area contributed by atoms with Crippen molar-refractivity contribution in [1.29, 1.82) is 5.26 Å². The van der Waals surface area contributed by atoms with Crippen LogP contribution < -0.4 is 0 Å². The van der Waals surface area contributed by atoms with E-state index in [-0.39, 0.29) is 11.7 Å². The molecule has 1 amide bonds. The molecule has 1 saturated carbocycles. The van der Waals surface area contributed by atoms with Crippen LogP contribution in [0.5, 0.6) is 0 Å². The number of nitriles is 1. The Morgan fingerprint density at radius 3 is 2.89 bits per heavy atom. The SMILES string of the molecule is CC(C)CN(CCC#N)C(=O)c1n[nH]c(C2CC2)n1. The summed E-state index contributed by atoms with van der Waals surface area (Å²) in [6.45, 7) is 5.13. The van der Waals surface area contributed by atoms with Crippen molar-refractivity contribution in [3.05, 3.63) is 11.6 Å². The monoisotopic (exact) mass is 261 g/mol. The molecule has 1 fully saturated rings. The smallest absolute Gasteiger partial charge is 0.293 e. The lowest BCUT2D eigenvalue weighted by Crippen LogP contribution is -2.35. The van der Waals surface area contributed by atoms with Crippen molar-refractivity contribution in [2.24, 2.45) is 5.92 Å². The third kappa shape index (κ3) is 3.53. The molecule has 1 N–H and O–H groups in total. The second-order valence-corrected chi connectivity index (χ2v) is 5.37. The molecule has 6 nitrogen and oxygen atoms in total. The first-order valence-electron chi connectivity index (χ1n) is 6.70. The van der Waals surface area contributed by atoms with Gasteiger partial charge in [0.2, 0.25) is 5.82 Å². The molecule has 0 aliphatic heterocycles. The standard InChI is InChI=1S/C13H19N5O/c1-9(2)8-18(7-3-6-14)13(19)12-15-11(16-17-12)10-4-5-10/h9-10H,3-5,7-8H2,1-2H3,(H,15,16,17). The predicted molar refractivity (Wildman–Crippen MR) is 69.3 cm³/mol. The molecule has 0 aromatic carbocycles. The van der Waals surface area contributed by atoms with E-state index in [9.17, 15) is 4.79 Å². The molecule has 6 heteroatoms. The van der Waals surface area contributed by atoms with Crippen molar-refractivity contribution in [2.45, 2.75) is 39.0 Å². The van der Waals surface area contributed by atoms with Gasteiger partial charge in [-0.05, 0) is 18.8 Å². The number of nitrogens with zero attached hydrogens (tertiary/aromatic N) is 4. The van der Waals surface area contributed by atoms with Gasteiger partial charge in [-0.3, -0.25) is 9.89 Å². The fraction of sp³-hybridized carbons (Fsp3) is 0.692. The molecule has 1 aliphatic rings. The van der Waals surface area contributed by atoms with Crippen LogP contribution in [-0.2, 0) is 0 Å². The Bertz CT molecular complexity index is 483. The number of aromatic amines is 1. The van der Waals surface area contributed by atoms with Gasteiger partial charge >= 0.3 is 0 Å². The lowest BCUT2D eigenvalue weighted by atomic mass is 10.2. The number of H-pyrrole nitrogens is 1. The van der Waals surface area contributed by atoms with Crippen molar-refractivity contribution in [1.82, 2.24) is 20.1 Å². The molecule has 1 heterocycles. The number of hydrogen-bond donors (Lipinski definition) is 1. The number of aromatic nitrogens is 3. The molecule has 2 rings (SSSR count). The molecular weight excluding hydrogens is 242 g/mol. The van der Waals surface area contributed by atoms with Crippen LogP contribution in [0.25, 0.3) is 0 Å². The summed E-state index contributed by atoms with van der Waals surface area (Å²) in [4.78, 5) is 18.2. The van der Waals surface area contributed by atoms with Crippen LogP contribution in [0.1, 0.15) is 55.5 Å². The lowest BCUT2D eigenvalue weighted by Gasteiger charge is -2.22. The van der Waals surface area contributed by atoms with Gasteiger partial charge in [-0.15, -0.1) is 5.10 Å². The zero-order valence-electron chi connectivity index (χ0n) is 11.4. The number of nitrogens with one attached hydrogen (secondary N) is 1. The summed E-state index contributed by atoms with van der Waals surface area (Å²) in [5, 5.41) is 15.5. The molecule has 0 bridgehead atoms. The first kappa shape index (κ1) is 13.5. The molecule has 0 spiro atoms. The number of rotatable bonds is 6. The largest absolute Gasteiger partial charge is 0.335 e. The molecule has 0 radical (unpaired) electrons. The van der Waals surface area contributed by atoms with Gasteiger partial charge in [0, 0.05) is 19.0 Å². The van der Waals surface area contributed by atoms with E-state index in [1.54, 1.807) is 4.90 Å². The highest BCUT2D eigenvalue weighted by Gasteiger charge is 2.29. The van der Waals surface area contributed by atoms with Gasteiger partial charge in [-0.25, -0.2) is 4.98 Å². The van der Waals surface area contributed by atoms with Crippen LogP contribution >= 0.6 is 0 Å².